The number of anilines is 1. The van der Waals surface area contributed by atoms with Crippen molar-refractivity contribution in [3.8, 4) is 0 Å². The van der Waals surface area contributed by atoms with E-state index in [2.05, 4.69) is 10.4 Å². The summed E-state index contributed by atoms with van der Waals surface area (Å²) in [6, 6.07) is 4.41. The van der Waals surface area contributed by atoms with E-state index in [0.29, 0.717) is 5.56 Å². The van der Waals surface area contributed by atoms with Crippen LogP contribution in [0.1, 0.15) is 11.3 Å². The Morgan fingerprint density at radius 3 is 2.43 bits per heavy atom. The van der Waals surface area contributed by atoms with Gasteiger partial charge in [0.2, 0.25) is 5.91 Å². The van der Waals surface area contributed by atoms with Crippen LogP contribution >= 0.6 is 0 Å². The van der Waals surface area contributed by atoms with E-state index in [1.54, 1.807) is 13.0 Å². The van der Waals surface area contributed by atoms with E-state index in [9.17, 15) is 25.0 Å². The van der Waals surface area contributed by atoms with Crippen molar-refractivity contribution in [1.82, 2.24) is 9.78 Å². The number of amides is 1. The smallest absolute Gasteiger partial charge is 0.309 e. The Kier molecular flexibility index (Phi) is 4.35. The molecule has 0 radical (unpaired) electrons. The summed E-state index contributed by atoms with van der Waals surface area (Å²) >= 11 is 0. The van der Waals surface area contributed by atoms with Crippen LogP contribution in [-0.2, 0) is 11.3 Å². The molecule has 2 rings (SSSR count). The van der Waals surface area contributed by atoms with Crippen molar-refractivity contribution in [2.75, 3.05) is 5.32 Å². The van der Waals surface area contributed by atoms with Gasteiger partial charge < -0.3 is 5.32 Å². The summed E-state index contributed by atoms with van der Waals surface area (Å²) in [5.41, 5.74) is 0.558. The molecule has 120 valence electrons. The number of nitro groups is 2. The number of rotatable bonds is 5. The lowest BCUT2D eigenvalue weighted by atomic mass is 10.2. The Balaban J connectivity index is 2.18. The molecular weight excluding hydrogens is 306 g/mol. The van der Waals surface area contributed by atoms with Crippen LogP contribution in [0.4, 0.5) is 17.1 Å². The van der Waals surface area contributed by atoms with Crippen molar-refractivity contribution >= 4 is 23.0 Å². The van der Waals surface area contributed by atoms with E-state index in [-0.39, 0.29) is 29.3 Å². The number of carbonyl (C=O) groups excluding carboxylic acids is 1. The van der Waals surface area contributed by atoms with Gasteiger partial charge in [0, 0.05) is 6.07 Å². The molecule has 0 aliphatic heterocycles. The minimum absolute atomic E-state index is 0.0601. The zero-order valence-corrected chi connectivity index (χ0v) is 12.3. The summed E-state index contributed by atoms with van der Waals surface area (Å²) in [6.45, 7) is 2.88. The summed E-state index contributed by atoms with van der Waals surface area (Å²) in [4.78, 5) is 32.6. The maximum atomic E-state index is 12.0. The number of hydrogen-bond donors (Lipinski definition) is 1. The van der Waals surface area contributed by atoms with Crippen molar-refractivity contribution in [2.24, 2.45) is 0 Å². The van der Waals surface area contributed by atoms with Crippen LogP contribution in [0.5, 0.6) is 0 Å². The molecule has 1 aromatic carbocycles. The second-order valence-electron chi connectivity index (χ2n) is 4.86. The molecule has 0 spiro atoms. The van der Waals surface area contributed by atoms with Crippen molar-refractivity contribution in [1.29, 1.82) is 0 Å². The van der Waals surface area contributed by atoms with Crippen LogP contribution in [-0.4, -0.2) is 25.5 Å². The van der Waals surface area contributed by atoms with Gasteiger partial charge in [0.25, 0.3) is 5.69 Å². The summed E-state index contributed by atoms with van der Waals surface area (Å²) < 4.78 is 1.16. The fourth-order valence-corrected chi connectivity index (χ4v) is 2.00. The summed E-state index contributed by atoms with van der Waals surface area (Å²) in [5.74, 6) is -0.571. The first-order valence-corrected chi connectivity index (χ1v) is 6.51. The van der Waals surface area contributed by atoms with Gasteiger partial charge in [-0.15, -0.1) is 0 Å². The monoisotopic (exact) mass is 319 g/mol. The molecule has 10 nitrogen and oxygen atoms in total. The van der Waals surface area contributed by atoms with Gasteiger partial charge in [-0.1, -0.05) is 6.07 Å². The average molecular weight is 319 g/mol. The van der Waals surface area contributed by atoms with Crippen LogP contribution in [0, 0.1) is 34.1 Å². The van der Waals surface area contributed by atoms with Gasteiger partial charge >= 0.3 is 5.69 Å². The van der Waals surface area contributed by atoms with Crippen molar-refractivity contribution < 1.29 is 14.6 Å². The summed E-state index contributed by atoms with van der Waals surface area (Å²) in [7, 11) is 0. The van der Waals surface area contributed by atoms with Gasteiger partial charge in [-0.3, -0.25) is 29.7 Å². The zero-order valence-electron chi connectivity index (χ0n) is 12.3. The second-order valence-corrected chi connectivity index (χ2v) is 4.86. The van der Waals surface area contributed by atoms with Crippen LogP contribution in [0.15, 0.2) is 24.4 Å². The molecule has 1 amide bonds. The lowest BCUT2D eigenvalue weighted by molar-refractivity contribution is -0.385. The molecule has 1 N–H and O–H groups in total. The fourth-order valence-electron chi connectivity index (χ4n) is 2.00. The molecule has 0 unspecified atom stereocenters. The van der Waals surface area contributed by atoms with Crippen LogP contribution in [0.2, 0.25) is 0 Å². The average Bonchev–Trinajstić information content (AvgIpc) is 2.82. The number of aryl methyl sites for hydroxylation is 1. The van der Waals surface area contributed by atoms with Gasteiger partial charge in [0.1, 0.15) is 24.1 Å². The number of nitrogens with one attached hydrogen (secondary N) is 1. The Morgan fingerprint density at radius 2 is 1.87 bits per heavy atom. The summed E-state index contributed by atoms with van der Waals surface area (Å²) in [5, 5.41) is 27.9. The first kappa shape index (κ1) is 16.1. The lowest BCUT2D eigenvalue weighted by Gasteiger charge is -2.07. The van der Waals surface area contributed by atoms with Crippen molar-refractivity contribution in [2.45, 2.75) is 20.4 Å². The third-order valence-electron chi connectivity index (χ3n) is 3.19. The Hall–Kier alpha value is -3.30. The topological polar surface area (TPSA) is 133 Å². The van der Waals surface area contributed by atoms with Gasteiger partial charge in [-0.2, -0.15) is 5.10 Å². The molecule has 0 saturated heterocycles. The van der Waals surface area contributed by atoms with Crippen LogP contribution in [0.3, 0.4) is 0 Å². The molecule has 0 fully saturated rings. The molecule has 0 saturated carbocycles. The normalized spacial score (nSPS) is 10.3. The largest absolute Gasteiger partial charge is 0.319 e. The van der Waals surface area contributed by atoms with Gasteiger partial charge in [0.15, 0.2) is 0 Å². The summed E-state index contributed by atoms with van der Waals surface area (Å²) in [6.07, 6.45) is 1.05. The van der Waals surface area contributed by atoms with Gasteiger partial charge in [0.05, 0.1) is 9.85 Å². The highest BCUT2D eigenvalue weighted by Gasteiger charge is 2.20. The minimum atomic E-state index is -0.596. The number of carbonyl (C=O) groups is 1. The number of nitro benzene ring substituents is 1. The van der Waals surface area contributed by atoms with E-state index in [1.165, 1.54) is 19.1 Å². The third-order valence-corrected chi connectivity index (χ3v) is 3.19. The molecule has 1 heterocycles. The standard InChI is InChI=1S/C13H13N5O5/c1-8-3-4-10(11(5-8)17(20)21)15-13(19)7-16-9(2)12(6-14-16)18(22)23/h3-6H,7H2,1-2H3,(H,15,19). The lowest BCUT2D eigenvalue weighted by Crippen LogP contribution is -2.20. The van der Waals surface area contributed by atoms with Crippen LogP contribution in [0.25, 0.3) is 0 Å². The molecule has 2 aromatic rings. The highest BCUT2D eigenvalue weighted by atomic mass is 16.6. The minimum Gasteiger partial charge on any atom is -0.319 e. The van der Waals surface area contributed by atoms with E-state index in [1.807, 2.05) is 0 Å². The molecule has 0 bridgehead atoms. The quantitative estimate of drug-likeness (QED) is 0.661. The van der Waals surface area contributed by atoms with Gasteiger partial charge in [-0.25, -0.2) is 0 Å². The molecule has 23 heavy (non-hydrogen) atoms. The fraction of sp³-hybridized carbons (Fsp3) is 0.231. The number of hydrogen-bond acceptors (Lipinski definition) is 6. The first-order valence-electron chi connectivity index (χ1n) is 6.51. The predicted octanol–water partition coefficient (Wildman–Crippen LogP) is 1.96. The number of nitrogens with zero attached hydrogens (tertiary/aromatic N) is 4. The molecule has 0 aliphatic rings. The van der Waals surface area contributed by atoms with Crippen molar-refractivity contribution in [3.05, 3.63) is 55.9 Å². The van der Waals surface area contributed by atoms with E-state index >= 15 is 0 Å². The van der Waals surface area contributed by atoms with E-state index in [4.69, 9.17) is 0 Å². The van der Waals surface area contributed by atoms with E-state index < -0.39 is 15.8 Å². The Labute approximate surface area is 130 Å². The molecule has 0 aliphatic carbocycles. The maximum Gasteiger partial charge on any atom is 0.309 e. The molecule has 1 aromatic heterocycles. The zero-order chi connectivity index (χ0) is 17.1. The highest BCUT2D eigenvalue weighted by Crippen LogP contribution is 2.25. The van der Waals surface area contributed by atoms with Gasteiger partial charge in [-0.05, 0) is 25.5 Å². The van der Waals surface area contributed by atoms with E-state index in [0.717, 1.165) is 10.9 Å². The molecule has 10 heteroatoms. The van der Waals surface area contributed by atoms with Crippen LogP contribution < -0.4 is 5.32 Å². The third kappa shape index (κ3) is 3.48. The Morgan fingerprint density at radius 1 is 1.22 bits per heavy atom. The predicted molar refractivity (Wildman–Crippen MR) is 80.1 cm³/mol. The maximum absolute atomic E-state index is 12.0. The number of aromatic nitrogens is 2. The SMILES string of the molecule is Cc1ccc(NC(=O)Cn2ncc([N+](=O)[O-])c2C)c([N+](=O)[O-])c1. The molecule has 0 atom stereocenters. The first-order chi connectivity index (χ1) is 10.8. The second kappa shape index (κ2) is 6.22. The highest BCUT2D eigenvalue weighted by molar-refractivity contribution is 5.93. The molecular formula is C13H13N5O5. The Bertz CT molecular complexity index is 798. The number of benzene rings is 1. The van der Waals surface area contributed by atoms with Crippen molar-refractivity contribution in [3.63, 3.8) is 0 Å².